The topological polar surface area (TPSA) is 124 Å². The van der Waals surface area contributed by atoms with Crippen molar-refractivity contribution < 1.29 is 23.1 Å². The first-order chi connectivity index (χ1) is 13.2. The van der Waals surface area contributed by atoms with E-state index in [2.05, 4.69) is 25.5 Å². The molecule has 0 amide bonds. The second kappa shape index (κ2) is 7.72. The van der Waals surface area contributed by atoms with Crippen molar-refractivity contribution in [2.45, 2.75) is 32.0 Å². The number of aryl methyl sites for hydroxylation is 1. The van der Waals surface area contributed by atoms with E-state index in [1.807, 2.05) is 13.0 Å². The summed E-state index contributed by atoms with van der Waals surface area (Å²) < 4.78 is 32.4. The molecular weight excluding hydrogens is 399 g/mol. The van der Waals surface area contributed by atoms with Crippen LogP contribution in [-0.2, 0) is 4.79 Å². The Morgan fingerprint density at radius 3 is 2.64 bits per heavy atom. The predicted octanol–water partition coefficient (Wildman–Crippen LogP) is 2.74. The van der Waals surface area contributed by atoms with E-state index in [0.29, 0.717) is 4.70 Å². The molecule has 1 atom stereocenters. The van der Waals surface area contributed by atoms with Crippen molar-refractivity contribution in [3.63, 3.8) is 0 Å². The first kappa shape index (κ1) is 20.0. The normalized spacial score (nSPS) is 16.8. The van der Waals surface area contributed by atoms with Gasteiger partial charge in [-0.15, -0.1) is 11.3 Å². The van der Waals surface area contributed by atoms with Crippen molar-refractivity contribution in [2.24, 2.45) is 0 Å². The Balaban J connectivity index is 0.000000279. The van der Waals surface area contributed by atoms with Gasteiger partial charge < -0.3 is 15.4 Å². The minimum absolute atomic E-state index is 0.0545. The summed E-state index contributed by atoms with van der Waals surface area (Å²) >= 11 is 1.46. The van der Waals surface area contributed by atoms with E-state index in [1.165, 1.54) is 11.3 Å². The fourth-order valence-electron chi connectivity index (χ4n) is 2.77. The van der Waals surface area contributed by atoms with Crippen LogP contribution in [0.25, 0.3) is 20.7 Å². The number of aromatic amines is 2. The number of rotatable bonds is 2. The number of hydrogen-bond acceptors (Lipinski definition) is 6. The number of fused-ring (bicyclic) bond motifs is 1. The SMILES string of the molecule is Cc1[nH]ncc1-c1cc2nc([C@H]3CCCN3)[nH]c(=O)c2s1.O=C(O)C(F)(F)F. The number of thiophene rings is 1. The monoisotopic (exact) mass is 415 g/mol. The molecule has 1 saturated heterocycles. The molecule has 0 aromatic carbocycles. The van der Waals surface area contributed by atoms with Gasteiger partial charge in [-0.05, 0) is 32.4 Å². The number of carboxylic acids is 1. The van der Waals surface area contributed by atoms with Crippen LogP contribution >= 0.6 is 11.3 Å². The van der Waals surface area contributed by atoms with Crippen LogP contribution in [-0.4, -0.2) is 44.0 Å². The number of nitrogens with one attached hydrogen (secondary N) is 3. The largest absolute Gasteiger partial charge is 0.490 e. The summed E-state index contributed by atoms with van der Waals surface area (Å²) in [6, 6.07) is 2.15. The molecule has 1 fully saturated rings. The molecule has 3 aromatic heterocycles. The van der Waals surface area contributed by atoms with Crippen molar-refractivity contribution in [1.29, 1.82) is 0 Å². The number of carbonyl (C=O) groups is 1. The Kier molecular flexibility index (Phi) is 5.52. The van der Waals surface area contributed by atoms with Crippen LogP contribution in [0, 0.1) is 6.92 Å². The van der Waals surface area contributed by atoms with Crippen LogP contribution in [0.15, 0.2) is 17.1 Å². The second-order valence-electron chi connectivity index (χ2n) is 6.14. The number of aliphatic carboxylic acids is 1. The Hall–Kier alpha value is -2.73. The van der Waals surface area contributed by atoms with Gasteiger partial charge in [0.05, 0.1) is 17.8 Å². The minimum Gasteiger partial charge on any atom is -0.475 e. The van der Waals surface area contributed by atoms with Crippen LogP contribution in [0.1, 0.15) is 30.4 Å². The lowest BCUT2D eigenvalue weighted by Gasteiger charge is -2.08. The molecule has 0 radical (unpaired) electrons. The summed E-state index contributed by atoms with van der Waals surface area (Å²) in [5.41, 5.74) is 2.73. The first-order valence-corrected chi connectivity index (χ1v) is 9.06. The van der Waals surface area contributed by atoms with Gasteiger partial charge in [0.2, 0.25) is 0 Å². The van der Waals surface area contributed by atoms with E-state index < -0.39 is 12.1 Å². The first-order valence-electron chi connectivity index (χ1n) is 8.24. The number of H-pyrrole nitrogens is 2. The summed E-state index contributed by atoms with van der Waals surface area (Å²) in [7, 11) is 0. The van der Waals surface area contributed by atoms with E-state index in [1.54, 1.807) is 6.20 Å². The maximum Gasteiger partial charge on any atom is 0.490 e. The van der Waals surface area contributed by atoms with Crippen LogP contribution in [0.5, 0.6) is 0 Å². The van der Waals surface area contributed by atoms with Gasteiger partial charge in [-0.1, -0.05) is 0 Å². The Morgan fingerprint density at radius 1 is 1.39 bits per heavy atom. The van der Waals surface area contributed by atoms with Crippen molar-refractivity contribution in [3.8, 4) is 10.4 Å². The van der Waals surface area contributed by atoms with Gasteiger partial charge >= 0.3 is 12.1 Å². The lowest BCUT2D eigenvalue weighted by Crippen LogP contribution is -2.21. The maximum atomic E-state index is 12.3. The number of aromatic nitrogens is 4. The van der Waals surface area contributed by atoms with Crippen LogP contribution in [0.3, 0.4) is 0 Å². The molecule has 1 aliphatic rings. The van der Waals surface area contributed by atoms with Gasteiger partial charge in [0.25, 0.3) is 5.56 Å². The van der Waals surface area contributed by atoms with Gasteiger partial charge in [0.15, 0.2) is 0 Å². The molecule has 1 aliphatic heterocycles. The van der Waals surface area contributed by atoms with Crippen molar-refractivity contribution in [3.05, 3.63) is 34.1 Å². The molecule has 28 heavy (non-hydrogen) atoms. The third kappa shape index (κ3) is 4.22. The molecule has 0 bridgehead atoms. The van der Waals surface area contributed by atoms with E-state index in [4.69, 9.17) is 9.90 Å². The van der Waals surface area contributed by atoms with Gasteiger partial charge in [0, 0.05) is 16.1 Å². The van der Waals surface area contributed by atoms with E-state index in [-0.39, 0.29) is 11.6 Å². The third-order valence-electron chi connectivity index (χ3n) is 4.13. The van der Waals surface area contributed by atoms with Gasteiger partial charge in [0.1, 0.15) is 10.5 Å². The molecule has 0 aliphatic carbocycles. The highest BCUT2D eigenvalue weighted by Crippen LogP contribution is 2.32. The predicted molar refractivity (Wildman–Crippen MR) is 96.2 cm³/mol. The molecule has 8 nitrogen and oxygen atoms in total. The zero-order chi connectivity index (χ0) is 20.5. The third-order valence-corrected chi connectivity index (χ3v) is 5.29. The van der Waals surface area contributed by atoms with E-state index in [9.17, 15) is 18.0 Å². The molecule has 0 spiro atoms. The van der Waals surface area contributed by atoms with Crippen LogP contribution in [0.2, 0.25) is 0 Å². The molecular formula is C16H16F3N5O3S. The Labute approximate surface area is 159 Å². The fourth-order valence-corrected chi connectivity index (χ4v) is 3.83. The van der Waals surface area contributed by atoms with Crippen molar-refractivity contribution in [2.75, 3.05) is 6.54 Å². The number of carboxylic acid groups (broad SMARTS) is 1. The summed E-state index contributed by atoms with van der Waals surface area (Å²) in [4.78, 5) is 29.8. The van der Waals surface area contributed by atoms with Crippen molar-refractivity contribution >= 4 is 27.5 Å². The number of nitrogens with zero attached hydrogens (tertiary/aromatic N) is 2. The standard InChI is InChI=1S/C14H15N5OS.C2HF3O2/c1-7-8(6-16-19-7)11-5-10-12(21-11)14(20)18-13(17-10)9-3-2-4-15-9;3-2(4,5)1(6)7/h5-6,9,15H,2-4H2,1H3,(H,16,19)(H,17,18,20);(H,6,7)/t9-;/m1./s1. The molecule has 0 unspecified atom stereocenters. The molecule has 12 heteroatoms. The van der Waals surface area contributed by atoms with Gasteiger partial charge in [-0.25, -0.2) is 9.78 Å². The highest BCUT2D eigenvalue weighted by molar-refractivity contribution is 7.22. The summed E-state index contributed by atoms with van der Waals surface area (Å²) in [6.45, 7) is 2.95. The Bertz CT molecular complexity index is 1050. The average molecular weight is 415 g/mol. The fraction of sp³-hybridized carbons (Fsp3) is 0.375. The summed E-state index contributed by atoms with van der Waals surface area (Å²) in [5.74, 6) is -2.01. The highest BCUT2D eigenvalue weighted by Gasteiger charge is 2.38. The zero-order valence-electron chi connectivity index (χ0n) is 14.6. The minimum atomic E-state index is -5.08. The van der Waals surface area contributed by atoms with Gasteiger partial charge in [-0.2, -0.15) is 18.3 Å². The molecule has 3 aromatic rings. The smallest absolute Gasteiger partial charge is 0.475 e. The second-order valence-corrected chi connectivity index (χ2v) is 7.19. The highest BCUT2D eigenvalue weighted by atomic mass is 32.1. The molecule has 150 valence electrons. The molecule has 4 heterocycles. The zero-order valence-corrected chi connectivity index (χ0v) is 15.4. The molecule has 4 N–H and O–H groups in total. The summed E-state index contributed by atoms with van der Waals surface area (Å²) in [5, 5.41) is 17.4. The van der Waals surface area contributed by atoms with Gasteiger partial charge in [-0.3, -0.25) is 9.89 Å². The average Bonchev–Trinajstić information content (AvgIpc) is 3.34. The van der Waals surface area contributed by atoms with Crippen LogP contribution in [0.4, 0.5) is 13.2 Å². The van der Waals surface area contributed by atoms with E-state index >= 15 is 0 Å². The number of halogens is 3. The van der Waals surface area contributed by atoms with E-state index in [0.717, 1.165) is 46.9 Å². The summed E-state index contributed by atoms with van der Waals surface area (Å²) in [6.07, 6.45) is -1.16. The van der Waals surface area contributed by atoms with Crippen molar-refractivity contribution in [1.82, 2.24) is 25.5 Å². The number of alkyl halides is 3. The lowest BCUT2D eigenvalue weighted by molar-refractivity contribution is -0.192. The lowest BCUT2D eigenvalue weighted by atomic mass is 10.2. The number of hydrogen-bond donors (Lipinski definition) is 4. The van der Waals surface area contributed by atoms with Crippen LogP contribution < -0.4 is 10.9 Å². The molecule has 0 saturated carbocycles. The maximum absolute atomic E-state index is 12.3. The molecule has 4 rings (SSSR count). The quantitative estimate of drug-likeness (QED) is 0.510. The Morgan fingerprint density at radius 2 is 2.11 bits per heavy atom.